The highest BCUT2D eigenvalue weighted by molar-refractivity contribution is 8.00. The molecule has 8 rings (SSSR count). The van der Waals surface area contributed by atoms with E-state index in [0.29, 0.717) is 29.6 Å². The lowest BCUT2D eigenvalue weighted by Gasteiger charge is -2.35. The standard InChI is InChI=1S/C27H34N6O3S/c34-14-16-37-31-21-1-2-23-24(18-21)32-12-6-22(7-13-32)35-15-8-19-4-10-33(11-5-19)25-17-20(3-9-28-25)26-29-30-27(23)36-26/h1-3,9,17-19,22,31,34H,4-8,10-16H2. The van der Waals surface area contributed by atoms with E-state index in [1.54, 1.807) is 0 Å². The molecule has 1 aromatic carbocycles. The molecule has 0 atom stereocenters. The Morgan fingerprint density at radius 3 is 2.59 bits per heavy atom. The molecule has 5 aliphatic heterocycles. The first kappa shape index (κ1) is 24.5. The fraction of sp³-hybridized carbons (Fsp3) is 0.519. The van der Waals surface area contributed by atoms with Crippen LogP contribution >= 0.6 is 11.9 Å². The van der Waals surface area contributed by atoms with E-state index in [4.69, 9.17) is 14.3 Å². The van der Waals surface area contributed by atoms with E-state index in [0.717, 1.165) is 80.4 Å². The van der Waals surface area contributed by atoms with Gasteiger partial charge in [-0.05, 0) is 68.4 Å². The molecule has 0 saturated carbocycles. The lowest BCUT2D eigenvalue weighted by molar-refractivity contribution is 0.0279. The van der Waals surface area contributed by atoms with Crippen molar-refractivity contribution < 1.29 is 14.3 Å². The number of aromatic nitrogens is 3. The molecule has 2 aromatic heterocycles. The van der Waals surface area contributed by atoms with Crippen LogP contribution in [0.2, 0.25) is 0 Å². The van der Waals surface area contributed by atoms with Gasteiger partial charge in [0.2, 0.25) is 11.8 Å². The Labute approximate surface area is 221 Å². The van der Waals surface area contributed by atoms with Gasteiger partial charge < -0.3 is 28.8 Å². The molecule has 3 aromatic rings. The van der Waals surface area contributed by atoms with Crippen molar-refractivity contribution in [1.82, 2.24) is 15.2 Å². The molecule has 2 N–H and O–H groups in total. The van der Waals surface area contributed by atoms with E-state index in [1.807, 2.05) is 24.4 Å². The monoisotopic (exact) mass is 522 g/mol. The van der Waals surface area contributed by atoms with Crippen molar-refractivity contribution in [3.63, 3.8) is 0 Å². The summed E-state index contributed by atoms with van der Waals surface area (Å²) < 4.78 is 15.9. The molecule has 2 saturated heterocycles. The number of piperidine rings is 2. The molecule has 2 fully saturated rings. The van der Waals surface area contributed by atoms with Gasteiger partial charge in [0.05, 0.1) is 24.0 Å². The molecule has 5 aliphatic rings. The van der Waals surface area contributed by atoms with Crippen LogP contribution in [-0.4, -0.2) is 71.5 Å². The minimum Gasteiger partial charge on any atom is -0.416 e. The Hall–Kier alpha value is -2.82. The van der Waals surface area contributed by atoms with Crippen molar-refractivity contribution in [1.29, 1.82) is 0 Å². The summed E-state index contributed by atoms with van der Waals surface area (Å²) in [6.07, 6.45) is 7.61. The molecule has 0 spiro atoms. The third-order valence-electron chi connectivity index (χ3n) is 7.63. The van der Waals surface area contributed by atoms with E-state index in [1.165, 1.54) is 24.8 Å². The molecule has 8 bridgehead atoms. The van der Waals surface area contributed by atoms with Crippen LogP contribution in [0.1, 0.15) is 32.1 Å². The lowest BCUT2D eigenvalue weighted by atomic mass is 9.94. The van der Waals surface area contributed by atoms with E-state index >= 15 is 0 Å². The van der Waals surface area contributed by atoms with Gasteiger partial charge in [0.15, 0.2) is 0 Å². The molecule has 0 unspecified atom stereocenters. The summed E-state index contributed by atoms with van der Waals surface area (Å²) in [4.78, 5) is 9.40. The van der Waals surface area contributed by atoms with Crippen LogP contribution in [-0.2, 0) is 4.74 Å². The smallest absolute Gasteiger partial charge is 0.250 e. The topological polar surface area (TPSA) is 99.8 Å². The number of ether oxygens (including phenoxy) is 1. The van der Waals surface area contributed by atoms with Gasteiger partial charge in [-0.1, -0.05) is 11.9 Å². The number of aliphatic hydroxyl groups excluding tert-OH is 1. The third-order valence-corrected chi connectivity index (χ3v) is 8.40. The maximum atomic E-state index is 9.15. The predicted molar refractivity (Wildman–Crippen MR) is 147 cm³/mol. The number of aliphatic hydroxyl groups is 1. The number of hydrogen-bond acceptors (Lipinski definition) is 10. The largest absolute Gasteiger partial charge is 0.416 e. The van der Waals surface area contributed by atoms with Crippen LogP contribution in [0.25, 0.3) is 22.9 Å². The third kappa shape index (κ3) is 5.56. The van der Waals surface area contributed by atoms with Gasteiger partial charge in [-0.3, -0.25) is 0 Å². The molecular weight excluding hydrogens is 488 g/mol. The van der Waals surface area contributed by atoms with Gasteiger partial charge in [-0.15, -0.1) is 10.2 Å². The SMILES string of the molecule is OCCSNc1ccc2c(c1)N1CCC(CC1)OCCC1CCN(CC1)c1cc(ccn1)-c1nnc-2o1. The number of benzene rings is 1. The summed E-state index contributed by atoms with van der Waals surface area (Å²) in [6, 6.07) is 10.2. The molecular formula is C27H34N6O3S. The van der Waals surface area contributed by atoms with Gasteiger partial charge >= 0.3 is 0 Å². The Kier molecular flexibility index (Phi) is 7.48. The van der Waals surface area contributed by atoms with Crippen LogP contribution in [0.3, 0.4) is 0 Å². The van der Waals surface area contributed by atoms with Gasteiger partial charge in [0.1, 0.15) is 5.82 Å². The van der Waals surface area contributed by atoms with Gasteiger partial charge in [-0.25, -0.2) is 4.98 Å². The zero-order valence-corrected chi connectivity index (χ0v) is 21.8. The normalized spacial score (nSPS) is 21.8. The summed E-state index contributed by atoms with van der Waals surface area (Å²) in [7, 11) is 0. The molecule has 0 amide bonds. The van der Waals surface area contributed by atoms with E-state index in [-0.39, 0.29) is 6.61 Å². The fourth-order valence-corrected chi connectivity index (χ4v) is 5.99. The van der Waals surface area contributed by atoms with Gasteiger partial charge in [0, 0.05) is 56.0 Å². The molecule has 9 nitrogen and oxygen atoms in total. The summed E-state index contributed by atoms with van der Waals surface area (Å²) in [5, 5.41) is 18.0. The first-order valence-electron chi connectivity index (χ1n) is 13.3. The first-order valence-corrected chi connectivity index (χ1v) is 14.3. The van der Waals surface area contributed by atoms with Crippen molar-refractivity contribution in [3.8, 4) is 22.9 Å². The number of anilines is 3. The number of nitrogens with zero attached hydrogens (tertiary/aromatic N) is 5. The van der Waals surface area contributed by atoms with Gasteiger partial charge in [0.25, 0.3) is 0 Å². The Balaban J connectivity index is 1.35. The van der Waals surface area contributed by atoms with Crippen molar-refractivity contribution in [2.45, 2.75) is 38.2 Å². The highest BCUT2D eigenvalue weighted by Crippen LogP contribution is 2.37. The molecule has 37 heavy (non-hydrogen) atoms. The average molecular weight is 523 g/mol. The van der Waals surface area contributed by atoms with Crippen LogP contribution in [0.15, 0.2) is 40.9 Å². The zero-order chi connectivity index (χ0) is 25.0. The van der Waals surface area contributed by atoms with Crippen molar-refractivity contribution in [2.75, 3.05) is 59.7 Å². The maximum absolute atomic E-state index is 9.15. The average Bonchev–Trinajstić information content (AvgIpc) is 3.44. The van der Waals surface area contributed by atoms with E-state index < -0.39 is 0 Å². The van der Waals surface area contributed by atoms with E-state index in [2.05, 4.69) is 41.8 Å². The van der Waals surface area contributed by atoms with Crippen LogP contribution in [0, 0.1) is 5.92 Å². The number of pyridine rings is 1. The summed E-state index contributed by atoms with van der Waals surface area (Å²) in [6.45, 7) is 4.83. The molecule has 0 aliphatic carbocycles. The Bertz CT molecular complexity index is 1190. The minimum absolute atomic E-state index is 0.135. The van der Waals surface area contributed by atoms with Gasteiger partial charge in [-0.2, -0.15) is 0 Å². The molecule has 7 heterocycles. The molecule has 196 valence electrons. The second-order valence-electron chi connectivity index (χ2n) is 10.00. The Morgan fingerprint density at radius 2 is 1.76 bits per heavy atom. The quantitative estimate of drug-likeness (QED) is 0.377. The number of fused-ring (bicyclic) bond motifs is 2. The van der Waals surface area contributed by atoms with E-state index in [9.17, 15) is 0 Å². The first-order chi connectivity index (χ1) is 18.3. The van der Waals surface area contributed by atoms with Crippen LogP contribution in [0.5, 0.6) is 0 Å². The van der Waals surface area contributed by atoms with Crippen LogP contribution in [0.4, 0.5) is 17.2 Å². The highest BCUT2D eigenvalue weighted by Gasteiger charge is 2.26. The number of nitrogens with one attached hydrogen (secondary N) is 1. The fourth-order valence-electron chi connectivity index (χ4n) is 5.51. The van der Waals surface area contributed by atoms with Crippen molar-refractivity contribution in [3.05, 3.63) is 36.5 Å². The predicted octanol–water partition coefficient (Wildman–Crippen LogP) is 4.46. The molecule has 10 heteroatoms. The highest BCUT2D eigenvalue weighted by atomic mass is 32.2. The minimum atomic E-state index is 0.135. The van der Waals surface area contributed by atoms with Crippen molar-refractivity contribution in [2.24, 2.45) is 5.92 Å². The second-order valence-corrected chi connectivity index (χ2v) is 10.9. The van der Waals surface area contributed by atoms with Crippen molar-refractivity contribution >= 4 is 29.1 Å². The zero-order valence-electron chi connectivity index (χ0n) is 21.0. The molecule has 0 radical (unpaired) electrons. The summed E-state index contributed by atoms with van der Waals surface area (Å²) >= 11 is 1.49. The summed E-state index contributed by atoms with van der Waals surface area (Å²) in [5.74, 6) is 3.31. The second kappa shape index (κ2) is 11.3. The number of rotatable bonds is 4. The van der Waals surface area contributed by atoms with Crippen LogP contribution < -0.4 is 14.5 Å². The maximum Gasteiger partial charge on any atom is 0.250 e. The summed E-state index contributed by atoms with van der Waals surface area (Å²) in [5.41, 5.74) is 3.86. The Morgan fingerprint density at radius 1 is 0.946 bits per heavy atom. The number of hydrogen-bond donors (Lipinski definition) is 2. The lowest BCUT2D eigenvalue weighted by Crippen LogP contribution is -2.38.